The molecule has 11 heteroatoms. The highest BCUT2D eigenvalue weighted by Gasteiger charge is 2.24. The Morgan fingerprint density at radius 3 is 2.53 bits per heavy atom. The fourth-order valence-corrected chi connectivity index (χ4v) is 5.19. The molecular formula is C27H35ClN4O4S2. The number of carbonyl (C=O) groups excluding carboxylic acids is 3. The van der Waals surface area contributed by atoms with Crippen LogP contribution in [0.25, 0.3) is 10.6 Å². The molecule has 1 aromatic heterocycles. The second-order valence-corrected chi connectivity index (χ2v) is 10.6. The van der Waals surface area contributed by atoms with Crippen molar-refractivity contribution in [3.63, 3.8) is 0 Å². The largest absolute Gasteiger partial charge is 0.468 e. The van der Waals surface area contributed by atoms with Gasteiger partial charge >= 0.3 is 5.97 Å². The molecule has 2 aromatic rings. The molecule has 1 fully saturated rings. The number of carbonyl (C=O) groups is 3. The molecule has 0 aliphatic heterocycles. The van der Waals surface area contributed by atoms with Crippen LogP contribution in [0.5, 0.6) is 0 Å². The van der Waals surface area contributed by atoms with Crippen LogP contribution in [0.3, 0.4) is 0 Å². The van der Waals surface area contributed by atoms with Crippen molar-refractivity contribution in [1.29, 1.82) is 0 Å². The molecule has 206 valence electrons. The number of nitrogens with one attached hydrogen (secondary N) is 3. The van der Waals surface area contributed by atoms with E-state index in [9.17, 15) is 14.4 Å². The first kappa shape index (κ1) is 30.0. The van der Waals surface area contributed by atoms with E-state index in [1.165, 1.54) is 24.0 Å². The Labute approximate surface area is 238 Å². The highest BCUT2D eigenvalue weighted by Crippen LogP contribution is 2.29. The number of allylic oxidation sites excluding steroid dienone is 1. The number of thiol groups is 1. The van der Waals surface area contributed by atoms with Gasteiger partial charge in [0.05, 0.1) is 13.2 Å². The van der Waals surface area contributed by atoms with Crippen LogP contribution in [0.4, 0.5) is 0 Å². The smallest absolute Gasteiger partial charge is 0.325 e. The molecule has 38 heavy (non-hydrogen) atoms. The van der Waals surface area contributed by atoms with Crippen molar-refractivity contribution in [2.75, 3.05) is 25.3 Å². The highest BCUT2D eigenvalue weighted by molar-refractivity contribution is 7.80. The Hall–Kier alpha value is -2.56. The molecule has 1 aliphatic carbocycles. The van der Waals surface area contributed by atoms with Gasteiger partial charge in [-0.05, 0) is 43.2 Å². The molecule has 0 bridgehead atoms. The summed E-state index contributed by atoms with van der Waals surface area (Å²) >= 11 is 11.5. The van der Waals surface area contributed by atoms with Crippen molar-refractivity contribution in [1.82, 2.24) is 20.9 Å². The summed E-state index contributed by atoms with van der Waals surface area (Å²) in [6.07, 6.45) is 6.18. The predicted octanol–water partition coefficient (Wildman–Crippen LogP) is 4.45. The number of aromatic nitrogens is 1. The molecule has 1 heterocycles. The molecule has 2 amide bonds. The average molecular weight is 579 g/mol. The molecule has 0 spiro atoms. The number of hydrogen-bond donors (Lipinski definition) is 4. The topological polar surface area (TPSA) is 109 Å². The van der Waals surface area contributed by atoms with E-state index < -0.39 is 0 Å². The van der Waals surface area contributed by atoms with Crippen LogP contribution in [0.2, 0.25) is 0 Å². The van der Waals surface area contributed by atoms with Crippen molar-refractivity contribution < 1.29 is 19.1 Å². The number of unbranched alkanes of at least 4 members (excludes halogenated alkanes) is 2. The first-order valence-corrected chi connectivity index (χ1v) is 14.8. The fraction of sp³-hybridized carbons (Fsp3) is 0.481. The number of hydrogen-bond acceptors (Lipinski definition) is 8. The summed E-state index contributed by atoms with van der Waals surface area (Å²) in [5.74, 6) is 0.373. The van der Waals surface area contributed by atoms with Gasteiger partial charge in [0.2, 0.25) is 5.91 Å². The molecule has 3 rings (SSSR count). The molecule has 1 unspecified atom stereocenters. The molecular weight excluding hydrogens is 544 g/mol. The van der Waals surface area contributed by atoms with Gasteiger partial charge in [0.1, 0.15) is 17.2 Å². The van der Waals surface area contributed by atoms with E-state index in [4.69, 9.17) is 16.3 Å². The third-order valence-corrected chi connectivity index (χ3v) is 7.81. The second-order valence-electron chi connectivity index (χ2n) is 9.02. The SMILES string of the molecule is COC(=O)CNC(=C1CCC1)C(CS)NC(=O)c1csc(-c2ccc(CNC(=O)CCCCCCl)cc2)n1. The molecule has 1 aromatic carbocycles. The predicted molar refractivity (Wildman–Crippen MR) is 155 cm³/mol. The van der Waals surface area contributed by atoms with Gasteiger partial charge in [0.25, 0.3) is 5.91 Å². The van der Waals surface area contributed by atoms with Crippen LogP contribution in [0.15, 0.2) is 40.9 Å². The lowest BCUT2D eigenvalue weighted by atomic mass is 9.88. The van der Waals surface area contributed by atoms with Gasteiger partial charge in [0, 0.05) is 41.2 Å². The van der Waals surface area contributed by atoms with E-state index in [-0.39, 0.29) is 30.4 Å². The van der Waals surface area contributed by atoms with Gasteiger partial charge in [0.15, 0.2) is 0 Å². The number of nitrogens with zero attached hydrogens (tertiary/aromatic N) is 1. The van der Waals surface area contributed by atoms with Crippen molar-refractivity contribution >= 4 is 53.4 Å². The summed E-state index contributed by atoms with van der Waals surface area (Å²) in [6, 6.07) is 7.41. The van der Waals surface area contributed by atoms with E-state index in [0.29, 0.717) is 30.3 Å². The Morgan fingerprint density at radius 1 is 1.13 bits per heavy atom. The number of thiazole rings is 1. The fourth-order valence-electron chi connectivity index (χ4n) is 3.92. The van der Waals surface area contributed by atoms with Crippen LogP contribution < -0.4 is 16.0 Å². The molecule has 1 atom stereocenters. The first-order valence-electron chi connectivity index (χ1n) is 12.8. The zero-order valence-corrected chi connectivity index (χ0v) is 24.0. The zero-order chi connectivity index (χ0) is 27.3. The lowest BCUT2D eigenvalue weighted by Crippen LogP contribution is -2.44. The maximum absolute atomic E-state index is 13.0. The van der Waals surface area contributed by atoms with Crippen molar-refractivity contribution in [3.8, 4) is 10.6 Å². The Balaban J connectivity index is 1.56. The molecule has 0 radical (unpaired) electrons. The number of ether oxygens (including phenoxy) is 1. The minimum Gasteiger partial charge on any atom is -0.468 e. The van der Waals surface area contributed by atoms with Crippen molar-refractivity contribution in [2.24, 2.45) is 0 Å². The van der Waals surface area contributed by atoms with Gasteiger partial charge in [-0.1, -0.05) is 30.7 Å². The number of amides is 2. The van der Waals surface area contributed by atoms with Crippen LogP contribution >= 0.6 is 35.6 Å². The zero-order valence-electron chi connectivity index (χ0n) is 21.6. The van der Waals surface area contributed by atoms with Crippen LogP contribution in [0, 0.1) is 0 Å². The normalized spacial score (nSPS) is 13.3. The quantitative estimate of drug-likeness (QED) is 0.108. The summed E-state index contributed by atoms with van der Waals surface area (Å²) in [6.45, 7) is 0.498. The van der Waals surface area contributed by atoms with E-state index in [0.717, 1.165) is 60.4 Å². The number of methoxy groups -OCH3 is 1. The number of benzene rings is 1. The maximum atomic E-state index is 13.0. The molecule has 1 aliphatic rings. The Kier molecular flexibility index (Phi) is 12.4. The van der Waals surface area contributed by atoms with Gasteiger partial charge in [-0.15, -0.1) is 22.9 Å². The minimum absolute atomic E-state index is 0.0323. The van der Waals surface area contributed by atoms with Gasteiger partial charge < -0.3 is 20.7 Å². The second kappa shape index (κ2) is 15.8. The van der Waals surface area contributed by atoms with Crippen LogP contribution in [-0.4, -0.2) is 54.1 Å². The molecule has 0 saturated heterocycles. The van der Waals surface area contributed by atoms with Gasteiger partial charge in [-0.3, -0.25) is 14.4 Å². The van der Waals surface area contributed by atoms with Crippen LogP contribution in [-0.2, 0) is 20.9 Å². The molecule has 1 saturated carbocycles. The third-order valence-electron chi connectivity index (χ3n) is 6.29. The summed E-state index contributed by atoms with van der Waals surface area (Å²) in [7, 11) is 1.34. The van der Waals surface area contributed by atoms with E-state index in [2.05, 4.69) is 33.6 Å². The summed E-state index contributed by atoms with van der Waals surface area (Å²) in [5, 5.41) is 11.6. The average Bonchev–Trinajstić information content (AvgIpc) is 3.40. The number of rotatable bonds is 15. The molecule has 3 N–H and O–H groups in total. The number of esters is 1. The standard InChI is InChI=1S/C27H35ClN4O4S2/c1-36-24(34)15-30-25(19-6-5-7-19)21(16-37)31-26(35)22-17-38-27(32-22)20-11-9-18(10-12-20)14-29-23(33)8-3-2-4-13-28/h9-12,17,21,30,37H,2-8,13-16H2,1H3,(H,29,33)(H,31,35). The monoisotopic (exact) mass is 578 g/mol. The first-order chi connectivity index (χ1) is 18.4. The third kappa shape index (κ3) is 9.03. The minimum atomic E-state index is -0.373. The van der Waals surface area contributed by atoms with Crippen LogP contribution in [0.1, 0.15) is 61.0 Å². The van der Waals surface area contributed by atoms with E-state index in [1.807, 2.05) is 24.3 Å². The highest BCUT2D eigenvalue weighted by atomic mass is 35.5. The van der Waals surface area contributed by atoms with E-state index in [1.54, 1.807) is 5.38 Å². The Morgan fingerprint density at radius 2 is 1.89 bits per heavy atom. The van der Waals surface area contributed by atoms with Crippen molar-refractivity contribution in [3.05, 3.63) is 52.2 Å². The van der Waals surface area contributed by atoms with Crippen molar-refractivity contribution in [2.45, 2.75) is 57.5 Å². The molecule has 8 nitrogen and oxygen atoms in total. The van der Waals surface area contributed by atoms with Gasteiger partial charge in [-0.25, -0.2) is 4.98 Å². The number of halogens is 1. The Bertz CT molecular complexity index is 1110. The summed E-state index contributed by atoms with van der Waals surface area (Å²) in [5.41, 5.74) is 4.24. The summed E-state index contributed by atoms with van der Waals surface area (Å²) < 4.78 is 4.73. The maximum Gasteiger partial charge on any atom is 0.325 e. The van der Waals surface area contributed by atoms with E-state index >= 15 is 0 Å². The number of alkyl halides is 1. The summed E-state index contributed by atoms with van der Waals surface area (Å²) in [4.78, 5) is 41.2. The lowest BCUT2D eigenvalue weighted by Gasteiger charge is -2.28. The lowest BCUT2D eigenvalue weighted by molar-refractivity contribution is -0.139. The van der Waals surface area contributed by atoms with Gasteiger partial charge in [-0.2, -0.15) is 12.6 Å².